The molecule has 0 atom stereocenters. The van der Waals surface area contributed by atoms with Crippen LogP contribution in [0, 0.1) is 0 Å². The molecule has 1 aromatic rings. The standard InChI is InChI=1S/C14H23N3O3/c1-14(2,3)20-13(18)17(7-8-19-4)10-11-5-6-16-9-12(11)15/h5-6,9H,7-8,10,15H2,1-4H3. The van der Waals surface area contributed by atoms with Crippen molar-refractivity contribution in [3.63, 3.8) is 0 Å². The molecule has 0 aliphatic rings. The van der Waals surface area contributed by atoms with Gasteiger partial charge in [0.05, 0.1) is 25.0 Å². The van der Waals surface area contributed by atoms with E-state index in [0.29, 0.717) is 25.4 Å². The highest BCUT2D eigenvalue weighted by Gasteiger charge is 2.22. The van der Waals surface area contributed by atoms with Gasteiger partial charge in [-0.15, -0.1) is 0 Å². The van der Waals surface area contributed by atoms with Gasteiger partial charge in [-0.1, -0.05) is 0 Å². The molecule has 20 heavy (non-hydrogen) atoms. The highest BCUT2D eigenvalue weighted by molar-refractivity contribution is 5.68. The fourth-order valence-electron chi connectivity index (χ4n) is 1.55. The number of anilines is 1. The van der Waals surface area contributed by atoms with Crippen LogP contribution in [0.15, 0.2) is 18.5 Å². The smallest absolute Gasteiger partial charge is 0.410 e. The number of carbonyl (C=O) groups is 1. The van der Waals surface area contributed by atoms with E-state index in [0.717, 1.165) is 5.56 Å². The van der Waals surface area contributed by atoms with Gasteiger partial charge in [0.25, 0.3) is 0 Å². The Balaban J connectivity index is 2.79. The number of nitrogen functional groups attached to an aromatic ring is 1. The molecule has 1 heterocycles. The second kappa shape index (κ2) is 7.09. The number of methoxy groups -OCH3 is 1. The monoisotopic (exact) mass is 281 g/mol. The van der Waals surface area contributed by atoms with Crippen LogP contribution in [-0.4, -0.2) is 41.8 Å². The predicted octanol–water partition coefficient (Wildman–Crippen LogP) is 2.05. The zero-order chi connectivity index (χ0) is 15.2. The van der Waals surface area contributed by atoms with Gasteiger partial charge in [0.1, 0.15) is 5.60 Å². The summed E-state index contributed by atoms with van der Waals surface area (Å²) >= 11 is 0. The third kappa shape index (κ3) is 5.44. The quantitative estimate of drug-likeness (QED) is 0.893. The summed E-state index contributed by atoms with van der Waals surface area (Å²) in [6, 6.07) is 1.79. The summed E-state index contributed by atoms with van der Waals surface area (Å²) < 4.78 is 10.4. The first kappa shape index (κ1) is 16.2. The van der Waals surface area contributed by atoms with Crippen molar-refractivity contribution in [1.82, 2.24) is 9.88 Å². The van der Waals surface area contributed by atoms with Crippen LogP contribution in [-0.2, 0) is 16.0 Å². The summed E-state index contributed by atoms with van der Waals surface area (Å²) in [4.78, 5) is 17.7. The van der Waals surface area contributed by atoms with Gasteiger partial charge in [-0.25, -0.2) is 4.79 Å². The van der Waals surface area contributed by atoms with E-state index in [9.17, 15) is 4.79 Å². The van der Waals surface area contributed by atoms with Crippen molar-refractivity contribution in [2.24, 2.45) is 0 Å². The molecule has 0 radical (unpaired) electrons. The Morgan fingerprint density at radius 2 is 2.15 bits per heavy atom. The second-order valence-electron chi connectivity index (χ2n) is 5.47. The molecule has 112 valence electrons. The molecule has 6 heteroatoms. The number of ether oxygens (including phenoxy) is 2. The second-order valence-corrected chi connectivity index (χ2v) is 5.47. The van der Waals surface area contributed by atoms with Crippen LogP contribution >= 0.6 is 0 Å². The van der Waals surface area contributed by atoms with Crippen molar-refractivity contribution in [3.05, 3.63) is 24.0 Å². The van der Waals surface area contributed by atoms with Crippen LogP contribution in [0.5, 0.6) is 0 Å². The SMILES string of the molecule is COCCN(Cc1ccncc1N)C(=O)OC(C)(C)C. The number of hydrogen-bond acceptors (Lipinski definition) is 5. The maximum Gasteiger partial charge on any atom is 0.410 e. The molecule has 0 fully saturated rings. The topological polar surface area (TPSA) is 77.7 Å². The molecule has 0 saturated heterocycles. The summed E-state index contributed by atoms with van der Waals surface area (Å²) in [6.07, 6.45) is 2.83. The maximum absolute atomic E-state index is 12.2. The fraction of sp³-hybridized carbons (Fsp3) is 0.571. The molecule has 0 saturated carbocycles. The van der Waals surface area contributed by atoms with Gasteiger partial charge in [-0.05, 0) is 32.4 Å². The average molecular weight is 281 g/mol. The molecule has 1 aromatic heterocycles. The van der Waals surface area contributed by atoms with Crippen molar-refractivity contribution in [2.45, 2.75) is 32.9 Å². The fourth-order valence-corrected chi connectivity index (χ4v) is 1.55. The number of nitrogens with zero attached hydrogens (tertiary/aromatic N) is 2. The first-order chi connectivity index (χ1) is 9.33. The number of carbonyl (C=O) groups excluding carboxylic acids is 1. The molecule has 0 aliphatic carbocycles. The molecule has 0 aromatic carbocycles. The molecule has 0 spiro atoms. The van der Waals surface area contributed by atoms with Crippen molar-refractivity contribution in [1.29, 1.82) is 0 Å². The molecule has 0 aliphatic heterocycles. The summed E-state index contributed by atoms with van der Waals surface area (Å²) in [6.45, 7) is 6.74. The normalized spacial score (nSPS) is 11.2. The molecule has 1 rings (SSSR count). The molecular weight excluding hydrogens is 258 g/mol. The summed E-state index contributed by atoms with van der Waals surface area (Å²) in [5.74, 6) is 0. The molecule has 2 N–H and O–H groups in total. The summed E-state index contributed by atoms with van der Waals surface area (Å²) in [5.41, 5.74) is 6.71. The van der Waals surface area contributed by atoms with E-state index < -0.39 is 5.60 Å². The molecule has 0 unspecified atom stereocenters. The Morgan fingerprint density at radius 3 is 2.70 bits per heavy atom. The lowest BCUT2D eigenvalue weighted by Gasteiger charge is -2.27. The number of nitrogens with two attached hydrogens (primary N) is 1. The van der Waals surface area contributed by atoms with Gasteiger partial charge in [-0.2, -0.15) is 0 Å². The van der Waals surface area contributed by atoms with Crippen molar-refractivity contribution >= 4 is 11.8 Å². The van der Waals surface area contributed by atoms with E-state index in [4.69, 9.17) is 15.2 Å². The van der Waals surface area contributed by atoms with Crippen molar-refractivity contribution in [2.75, 3.05) is 26.0 Å². The van der Waals surface area contributed by atoms with Crippen LogP contribution in [0.25, 0.3) is 0 Å². The lowest BCUT2D eigenvalue weighted by atomic mass is 10.2. The van der Waals surface area contributed by atoms with E-state index in [2.05, 4.69) is 4.98 Å². The molecule has 0 bridgehead atoms. The highest BCUT2D eigenvalue weighted by Crippen LogP contribution is 2.15. The number of pyridine rings is 1. The van der Waals surface area contributed by atoms with Gasteiger partial charge >= 0.3 is 6.09 Å². The predicted molar refractivity (Wildman–Crippen MR) is 77.2 cm³/mol. The van der Waals surface area contributed by atoms with E-state index in [1.807, 2.05) is 20.8 Å². The lowest BCUT2D eigenvalue weighted by Crippen LogP contribution is -2.38. The Bertz CT molecular complexity index is 444. The van der Waals surface area contributed by atoms with Gasteiger partial charge in [-0.3, -0.25) is 4.98 Å². The average Bonchev–Trinajstić information content (AvgIpc) is 2.34. The Morgan fingerprint density at radius 1 is 1.45 bits per heavy atom. The minimum absolute atomic E-state index is 0.368. The number of amides is 1. The Kier molecular flexibility index (Phi) is 5.76. The Labute approximate surface area is 119 Å². The highest BCUT2D eigenvalue weighted by atomic mass is 16.6. The Hall–Kier alpha value is -1.82. The van der Waals surface area contributed by atoms with Gasteiger partial charge in [0.15, 0.2) is 0 Å². The van der Waals surface area contributed by atoms with Crippen LogP contribution in [0.2, 0.25) is 0 Å². The minimum Gasteiger partial charge on any atom is -0.444 e. The van der Waals surface area contributed by atoms with Crippen LogP contribution in [0.4, 0.5) is 10.5 Å². The van der Waals surface area contributed by atoms with Gasteiger partial charge in [0, 0.05) is 19.9 Å². The van der Waals surface area contributed by atoms with Crippen LogP contribution < -0.4 is 5.73 Å². The zero-order valence-electron chi connectivity index (χ0n) is 12.5. The van der Waals surface area contributed by atoms with E-state index in [1.165, 1.54) is 0 Å². The van der Waals surface area contributed by atoms with Crippen LogP contribution in [0.3, 0.4) is 0 Å². The van der Waals surface area contributed by atoms with E-state index in [-0.39, 0.29) is 6.09 Å². The van der Waals surface area contributed by atoms with Crippen molar-refractivity contribution in [3.8, 4) is 0 Å². The van der Waals surface area contributed by atoms with Crippen molar-refractivity contribution < 1.29 is 14.3 Å². The van der Waals surface area contributed by atoms with Gasteiger partial charge in [0.2, 0.25) is 0 Å². The molecule has 1 amide bonds. The summed E-state index contributed by atoms with van der Waals surface area (Å²) in [5, 5.41) is 0. The number of rotatable bonds is 5. The van der Waals surface area contributed by atoms with E-state index >= 15 is 0 Å². The van der Waals surface area contributed by atoms with E-state index in [1.54, 1.807) is 30.5 Å². The first-order valence-electron chi connectivity index (χ1n) is 6.48. The first-order valence-corrected chi connectivity index (χ1v) is 6.48. The van der Waals surface area contributed by atoms with Gasteiger partial charge < -0.3 is 20.1 Å². The lowest BCUT2D eigenvalue weighted by molar-refractivity contribution is 0.0184. The summed E-state index contributed by atoms with van der Waals surface area (Å²) in [7, 11) is 1.59. The number of hydrogen-bond donors (Lipinski definition) is 1. The minimum atomic E-state index is -0.536. The third-order valence-electron chi connectivity index (χ3n) is 2.52. The number of aromatic nitrogens is 1. The zero-order valence-corrected chi connectivity index (χ0v) is 12.5. The van der Waals surface area contributed by atoms with Crippen LogP contribution in [0.1, 0.15) is 26.3 Å². The largest absolute Gasteiger partial charge is 0.444 e. The maximum atomic E-state index is 12.2. The molecular formula is C14H23N3O3. The third-order valence-corrected chi connectivity index (χ3v) is 2.52. The molecule has 6 nitrogen and oxygen atoms in total.